The second-order valence-corrected chi connectivity index (χ2v) is 5.09. The molecule has 0 atom stereocenters. The van der Waals surface area contributed by atoms with Gasteiger partial charge in [0.25, 0.3) is 0 Å². The summed E-state index contributed by atoms with van der Waals surface area (Å²) in [6.07, 6.45) is 1.64. The van der Waals surface area contributed by atoms with Crippen molar-refractivity contribution in [2.24, 2.45) is 0 Å². The second-order valence-electron chi connectivity index (χ2n) is 5.09. The molecule has 0 spiro atoms. The topological polar surface area (TPSA) is 38.3 Å². The fraction of sp³-hybridized carbons (Fsp3) is 0.250. The lowest BCUT2D eigenvalue weighted by atomic mass is 10.1. The smallest absolute Gasteiger partial charge is 0.138 e. The summed E-state index contributed by atoms with van der Waals surface area (Å²) < 4.78 is 24.5. The highest BCUT2D eigenvalue weighted by molar-refractivity contribution is 5.83. The van der Waals surface area contributed by atoms with Gasteiger partial charge in [-0.15, -0.1) is 0 Å². The predicted octanol–water partition coefficient (Wildman–Crippen LogP) is 4.33. The van der Waals surface area contributed by atoms with Crippen LogP contribution in [0.15, 0.2) is 45.4 Å². The zero-order valence-electron chi connectivity index (χ0n) is 11.4. The van der Waals surface area contributed by atoms with E-state index in [0.29, 0.717) is 23.9 Å². The zero-order valence-corrected chi connectivity index (χ0v) is 11.4. The molecule has 0 amide bonds. The third kappa shape index (κ3) is 2.47. The molecule has 0 radical (unpaired) electrons. The highest BCUT2D eigenvalue weighted by Crippen LogP contribution is 2.31. The van der Waals surface area contributed by atoms with E-state index in [-0.39, 0.29) is 5.82 Å². The summed E-state index contributed by atoms with van der Waals surface area (Å²) in [7, 11) is 0. The van der Waals surface area contributed by atoms with Gasteiger partial charge in [-0.1, -0.05) is 13.8 Å². The number of hydrogen-bond donors (Lipinski definition) is 1. The standard InChI is InChI=1S/C16H16FNO2/c1-10(2)18-9-16-13(5-6-19-16)15-8-11-7-12(17)3-4-14(11)20-15/h3-8,10,18H,9H2,1-2H3. The fourth-order valence-corrected chi connectivity index (χ4v) is 2.14. The van der Waals surface area contributed by atoms with Gasteiger partial charge < -0.3 is 14.2 Å². The lowest BCUT2D eigenvalue weighted by Gasteiger charge is -2.06. The largest absolute Gasteiger partial charge is 0.467 e. The molecule has 1 aromatic carbocycles. The van der Waals surface area contributed by atoms with E-state index in [1.54, 1.807) is 12.3 Å². The number of furan rings is 2. The van der Waals surface area contributed by atoms with Gasteiger partial charge in [0.15, 0.2) is 0 Å². The lowest BCUT2D eigenvalue weighted by Crippen LogP contribution is -2.21. The van der Waals surface area contributed by atoms with Crippen LogP contribution < -0.4 is 5.32 Å². The van der Waals surface area contributed by atoms with Crippen LogP contribution in [0.2, 0.25) is 0 Å². The predicted molar refractivity (Wildman–Crippen MR) is 75.8 cm³/mol. The molecule has 0 aliphatic rings. The normalized spacial score (nSPS) is 11.6. The zero-order chi connectivity index (χ0) is 14.1. The molecule has 3 aromatic rings. The van der Waals surface area contributed by atoms with Gasteiger partial charge in [-0.3, -0.25) is 0 Å². The highest BCUT2D eigenvalue weighted by atomic mass is 19.1. The number of halogens is 1. The Kier molecular flexibility index (Phi) is 3.32. The molecule has 0 saturated carbocycles. The SMILES string of the molecule is CC(C)NCc1occc1-c1cc2cc(F)ccc2o1. The molecule has 3 rings (SSSR count). The van der Waals surface area contributed by atoms with Gasteiger partial charge in [0, 0.05) is 11.4 Å². The van der Waals surface area contributed by atoms with E-state index in [1.807, 2.05) is 12.1 Å². The Balaban J connectivity index is 1.96. The van der Waals surface area contributed by atoms with Crippen LogP contribution in [0.5, 0.6) is 0 Å². The second kappa shape index (κ2) is 5.13. The Labute approximate surface area is 116 Å². The van der Waals surface area contributed by atoms with Crippen molar-refractivity contribution in [2.45, 2.75) is 26.4 Å². The van der Waals surface area contributed by atoms with Crippen molar-refractivity contribution >= 4 is 11.0 Å². The maximum Gasteiger partial charge on any atom is 0.138 e. The summed E-state index contributed by atoms with van der Waals surface area (Å²) in [4.78, 5) is 0. The first-order valence-electron chi connectivity index (χ1n) is 6.62. The molecule has 4 heteroatoms. The molecule has 0 aliphatic heterocycles. The molecule has 20 heavy (non-hydrogen) atoms. The number of hydrogen-bond acceptors (Lipinski definition) is 3. The first-order valence-corrected chi connectivity index (χ1v) is 6.62. The van der Waals surface area contributed by atoms with Gasteiger partial charge in [-0.2, -0.15) is 0 Å². The summed E-state index contributed by atoms with van der Waals surface area (Å²) in [5, 5.41) is 4.06. The third-order valence-corrected chi connectivity index (χ3v) is 3.16. The molecule has 2 heterocycles. The number of rotatable bonds is 4. The molecule has 3 nitrogen and oxygen atoms in total. The van der Waals surface area contributed by atoms with E-state index >= 15 is 0 Å². The van der Waals surface area contributed by atoms with Crippen LogP contribution in [-0.2, 0) is 6.54 Å². The average Bonchev–Trinajstić information content (AvgIpc) is 3.01. The van der Waals surface area contributed by atoms with Crippen molar-refractivity contribution in [3.8, 4) is 11.3 Å². The number of nitrogens with one attached hydrogen (secondary N) is 1. The minimum Gasteiger partial charge on any atom is -0.467 e. The Morgan fingerprint density at radius 3 is 2.85 bits per heavy atom. The van der Waals surface area contributed by atoms with Crippen molar-refractivity contribution in [3.05, 3.63) is 48.2 Å². The van der Waals surface area contributed by atoms with Crippen LogP contribution in [0.3, 0.4) is 0 Å². The Bertz CT molecular complexity index is 727. The van der Waals surface area contributed by atoms with E-state index in [4.69, 9.17) is 8.83 Å². The molecule has 0 bridgehead atoms. The van der Waals surface area contributed by atoms with Crippen LogP contribution in [0, 0.1) is 5.82 Å². The highest BCUT2D eigenvalue weighted by Gasteiger charge is 2.14. The van der Waals surface area contributed by atoms with Crippen LogP contribution in [0.25, 0.3) is 22.3 Å². The maximum atomic E-state index is 13.2. The van der Waals surface area contributed by atoms with E-state index < -0.39 is 0 Å². The molecular formula is C16H16FNO2. The summed E-state index contributed by atoms with van der Waals surface area (Å²) in [5.74, 6) is 1.25. The fourth-order valence-electron chi connectivity index (χ4n) is 2.14. The molecule has 0 fully saturated rings. The van der Waals surface area contributed by atoms with Crippen molar-refractivity contribution in [1.82, 2.24) is 5.32 Å². The van der Waals surface area contributed by atoms with Crippen LogP contribution >= 0.6 is 0 Å². The third-order valence-electron chi connectivity index (χ3n) is 3.16. The molecule has 2 aromatic heterocycles. The van der Waals surface area contributed by atoms with Gasteiger partial charge in [0.05, 0.1) is 18.4 Å². The van der Waals surface area contributed by atoms with E-state index in [0.717, 1.165) is 16.7 Å². The van der Waals surface area contributed by atoms with Crippen LogP contribution in [0.4, 0.5) is 4.39 Å². The summed E-state index contributed by atoms with van der Waals surface area (Å²) in [6.45, 7) is 4.78. The van der Waals surface area contributed by atoms with E-state index in [9.17, 15) is 4.39 Å². The quantitative estimate of drug-likeness (QED) is 0.769. The lowest BCUT2D eigenvalue weighted by molar-refractivity contribution is 0.464. The van der Waals surface area contributed by atoms with Crippen molar-refractivity contribution < 1.29 is 13.2 Å². The Morgan fingerprint density at radius 1 is 1.20 bits per heavy atom. The average molecular weight is 273 g/mol. The Morgan fingerprint density at radius 2 is 2.05 bits per heavy atom. The van der Waals surface area contributed by atoms with Gasteiger partial charge >= 0.3 is 0 Å². The van der Waals surface area contributed by atoms with E-state index in [2.05, 4.69) is 19.2 Å². The summed E-state index contributed by atoms with van der Waals surface area (Å²) in [5.41, 5.74) is 1.57. The van der Waals surface area contributed by atoms with Crippen molar-refractivity contribution in [1.29, 1.82) is 0 Å². The minimum absolute atomic E-state index is 0.265. The molecular weight excluding hydrogens is 257 g/mol. The number of fused-ring (bicyclic) bond motifs is 1. The Hall–Kier alpha value is -2.07. The van der Waals surface area contributed by atoms with Crippen molar-refractivity contribution in [2.75, 3.05) is 0 Å². The summed E-state index contributed by atoms with van der Waals surface area (Å²) in [6, 6.07) is 8.58. The van der Waals surface area contributed by atoms with Crippen LogP contribution in [-0.4, -0.2) is 6.04 Å². The van der Waals surface area contributed by atoms with Crippen molar-refractivity contribution in [3.63, 3.8) is 0 Å². The first kappa shape index (κ1) is 12.9. The molecule has 1 N–H and O–H groups in total. The maximum absolute atomic E-state index is 13.2. The number of benzene rings is 1. The monoisotopic (exact) mass is 273 g/mol. The molecule has 0 unspecified atom stereocenters. The summed E-state index contributed by atoms with van der Waals surface area (Å²) >= 11 is 0. The van der Waals surface area contributed by atoms with Gasteiger partial charge in [0.1, 0.15) is 22.9 Å². The molecule has 0 aliphatic carbocycles. The first-order chi connectivity index (χ1) is 9.63. The van der Waals surface area contributed by atoms with Gasteiger partial charge in [-0.05, 0) is 30.3 Å². The van der Waals surface area contributed by atoms with Gasteiger partial charge in [0.2, 0.25) is 0 Å². The van der Waals surface area contributed by atoms with E-state index in [1.165, 1.54) is 12.1 Å². The van der Waals surface area contributed by atoms with Crippen LogP contribution in [0.1, 0.15) is 19.6 Å². The minimum atomic E-state index is -0.265. The molecule has 0 saturated heterocycles. The molecule has 104 valence electrons. The van der Waals surface area contributed by atoms with Gasteiger partial charge in [-0.25, -0.2) is 4.39 Å².